The van der Waals surface area contributed by atoms with Crippen LogP contribution in [-0.2, 0) is 16.1 Å². The zero-order chi connectivity index (χ0) is 17.3. The predicted octanol–water partition coefficient (Wildman–Crippen LogP) is 2.10. The second-order valence-corrected chi connectivity index (χ2v) is 7.24. The Morgan fingerprint density at radius 2 is 1.96 bits per heavy atom. The molecule has 3 rings (SSSR count). The van der Waals surface area contributed by atoms with Crippen LogP contribution in [0, 0.1) is 12.8 Å². The van der Waals surface area contributed by atoms with Crippen molar-refractivity contribution in [2.24, 2.45) is 11.7 Å². The van der Waals surface area contributed by atoms with E-state index in [0.29, 0.717) is 31.8 Å². The number of amides is 2. The first-order valence-electron chi connectivity index (χ1n) is 8.85. The lowest BCUT2D eigenvalue weighted by atomic mass is 10.1. The molecule has 0 bridgehead atoms. The van der Waals surface area contributed by atoms with Gasteiger partial charge in [-0.05, 0) is 44.7 Å². The van der Waals surface area contributed by atoms with Gasteiger partial charge in [-0.2, -0.15) is 0 Å². The van der Waals surface area contributed by atoms with Crippen LogP contribution in [0.4, 0.5) is 0 Å². The van der Waals surface area contributed by atoms with Gasteiger partial charge < -0.3 is 15.5 Å². The minimum Gasteiger partial charge on any atom is -0.338 e. The highest BCUT2D eigenvalue weighted by molar-refractivity contribution is 5.91. The van der Waals surface area contributed by atoms with Crippen molar-refractivity contribution in [1.82, 2.24) is 9.80 Å². The molecule has 1 aromatic rings. The monoisotopic (exact) mass is 365 g/mol. The second kappa shape index (κ2) is 8.19. The second-order valence-electron chi connectivity index (χ2n) is 7.24. The summed E-state index contributed by atoms with van der Waals surface area (Å²) in [6.45, 7) is 5.97. The van der Waals surface area contributed by atoms with E-state index in [9.17, 15) is 9.59 Å². The van der Waals surface area contributed by atoms with Gasteiger partial charge >= 0.3 is 0 Å². The molecule has 2 aliphatic rings. The van der Waals surface area contributed by atoms with Crippen LogP contribution in [0.15, 0.2) is 24.3 Å². The average molecular weight is 366 g/mol. The van der Waals surface area contributed by atoms with Crippen LogP contribution in [0.5, 0.6) is 0 Å². The van der Waals surface area contributed by atoms with E-state index < -0.39 is 0 Å². The Bertz CT molecular complexity index is 620. The van der Waals surface area contributed by atoms with Crippen LogP contribution in [0.1, 0.15) is 37.3 Å². The summed E-state index contributed by atoms with van der Waals surface area (Å²) in [7, 11) is 0. The number of carbonyl (C=O) groups is 2. The van der Waals surface area contributed by atoms with Gasteiger partial charge in [0, 0.05) is 25.6 Å². The van der Waals surface area contributed by atoms with E-state index in [4.69, 9.17) is 5.73 Å². The van der Waals surface area contributed by atoms with E-state index >= 15 is 0 Å². The smallest absolute Gasteiger partial charge is 0.245 e. The quantitative estimate of drug-likeness (QED) is 0.888. The van der Waals surface area contributed by atoms with Crippen LogP contribution in [0.25, 0.3) is 0 Å². The molecular formula is C19H28ClN3O2. The number of nitrogens with zero attached hydrogens (tertiary/aromatic N) is 2. The minimum absolute atomic E-state index is 0. The van der Waals surface area contributed by atoms with E-state index in [0.717, 1.165) is 18.5 Å². The van der Waals surface area contributed by atoms with Crippen molar-refractivity contribution in [1.29, 1.82) is 0 Å². The fourth-order valence-electron chi connectivity index (χ4n) is 3.89. The van der Waals surface area contributed by atoms with E-state index in [1.807, 2.05) is 36.1 Å². The third-order valence-electron chi connectivity index (χ3n) is 5.36. The first-order valence-corrected chi connectivity index (χ1v) is 8.85. The van der Waals surface area contributed by atoms with Crippen molar-refractivity contribution in [3.63, 3.8) is 0 Å². The third kappa shape index (κ3) is 4.15. The number of benzene rings is 1. The van der Waals surface area contributed by atoms with E-state index in [1.54, 1.807) is 4.90 Å². The number of likely N-dealkylation sites (tertiary alicyclic amines) is 2. The topological polar surface area (TPSA) is 66.6 Å². The lowest BCUT2D eigenvalue weighted by Gasteiger charge is -2.30. The minimum atomic E-state index is -0.322. The fourth-order valence-corrected chi connectivity index (χ4v) is 3.89. The molecule has 25 heavy (non-hydrogen) atoms. The summed E-state index contributed by atoms with van der Waals surface area (Å²) in [4.78, 5) is 29.0. The molecule has 2 aliphatic heterocycles. The molecule has 0 aliphatic carbocycles. The first kappa shape index (κ1) is 19.7. The Kier molecular flexibility index (Phi) is 6.47. The largest absolute Gasteiger partial charge is 0.338 e. The number of rotatable bonds is 4. The Labute approximate surface area is 155 Å². The van der Waals surface area contributed by atoms with E-state index in [1.165, 1.54) is 5.56 Å². The molecular weight excluding hydrogens is 338 g/mol. The van der Waals surface area contributed by atoms with Gasteiger partial charge in [0.25, 0.3) is 0 Å². The Hall–Kier alpha value is -1.59. The van der Waals surface area contributed by atoms with Gasteiger partial charge in [0.2, 0.25) is 11.8 Å². The molecule has 2 fully saturated rings. The van der Waals surface area contributed by atoms with Gasteiger partial charge in [0.05, 0.1) is 0 Å². The van der Waals surface area contributed by atoms with Crippen molar-refractivity contribution in [2.45, 2.75) is 51.7 Å². The lowest BCUT2D eigenvalue weighted by molar-refractivity contribution is -0.142. The molecule has 2 amide bonds. The zero-order valence-corrected chi connectivity index (χ0v) is 15.8. The summed E-state index contributed by atoms with van der Waals surface area (Å²) < 4.78 is 0. The van der Waals surface area contributed by atoms with Crippen LogP contribution >= 0.6 is 12.4 Å². The number of nitrogens with two attached hydrogens (primary N) is 1. The van der Waals surface area contributed by atoms with Gasteiger partial charge in [-0.3, -0.25) is 9.59 Å². The molecule has 138 valence electrons. The molecule has 3 unspecified atom stereocenters. The normalized spacial score (nSPS) is 26.0. The van der Waals surface area contributed by atoms with Gasteiger partial charge in [0.15, 0.2) is 0 Å². The summed E-state index contributed by atoms with van der Waals surface area (Å²) in [5, 5.41) is 0. The molecule has 0 radical (unpaired) electrons. The average Bonchev–Trinajstić information content (AvgIpc) is 3.12. The summed E-state index contributed by atoms with van der Waals surface area (Å²) >= 11 is 0. The summed E-state index contributed by atoms with van der Waals surface area (Å²) in [5.41, 5.74) is 8.04. The summed E-state index contributed by atoms with van der Waals surface area (Å²) in [6.07, 6.45) is 2.05. The Morgan fingerprint density at radius 1 is 1.28 bits per heavy atom. The van der Waals surface area contributed by atoms with Gasteiger partial charge in [-0.1, -0.05) is 29.8 Å². The van der Waals surface area contributed by atoms with Crippen molar-refractivity contribution in [3.8, 4) is 0 Å². The zero-order valence-electron chi connectivity index (χ0n) is 15.0. The first-order chi connectivity index (χ1) is 11.5. The molecule has 2 N–H and O–H groups in total. The fraction of sp³-hybridized carbons (Fsp3) is 0.579. The molecule has 1 aromatic carbocycles. The van der Waals surface area contributed by atoms with Crippen LogP contribution in [-0.4, -0.2) is 46.8 Å². The standard InChI is InChI=1S/C19H27N3O2.ClH/c1-13-3-5-15(6-4-13)11-22-17(7-8-18(22)23)19(24)21-12-16(10-20)9-14(21)2;/h3-6,14,16-17H,7-12,20H2,1-2H3;1H. The predicted molar refractivity (Wildman–Crippen MR) is 100 cm³/mol. The van der Waals surface area contributed by atoms with Gasteiger partial charge in [0.1, 0.15) is 6.04 Å². The van der Waals surface area contributed by atoms with E-state index in [2.05, 4.69) is 6.92 Å². The van der Waals surface area contributed by atoms with E-state index in [-0.39, 0.29) is 36.3 Å². The molecule has 3 atom stereocenters. The van der Waals surface area contributed by atoms with Crippen LogP contribution in [0.2, 0.25) is 0 Å². The number of hydrogen-bond donors (Lipinski definition) is 1. The highest BCUT2D eigenvalue weighted by atomic mass is 35.5. The number of carbonyl (C=O) groups excluding carboxylic acids is 2. The number of hydrogen-bond acceptors (Lipinski definition) is 3. The summed E-state index contributed by atoms with van der Waals surface area (Å²) in [5.74, 6) is 0.555. The molecule has 0 saturated carbocycles. The SMILES string of the molecule is Cc1ccc(CN2C(=O)CCC2C(=O)N2CC(CN)CC2C)cc1.Cl. The maximum absolute atomic E-state index is 13.0. The van der Waals surface area contributed by atoms with Crippen molar-refractivity contribution < 1.29 is 9.59 Å². The Balaban J connectivity index is 0.00000225. The van der Waals surface area contributed by atoms with Crippen LogP contribution < -0.4 is 5.73 Å². The highest BCUT2D eigenvalue weighted by Gasteiger charge is 2.41. The van der Waals surface area contributed by atoms with Crippen LogP contribution in [0.3, 0.4) is 0 Å². The number of halogens is 1. The highest BCUT2D eigenvalue weighted by Crippen LogP contribution is 2.28. The maximum Gasteiger partial charge on any atom is 0.245 e. The molecule has 5 nitrogen and oxygen atoms in total. The third-order valence-corrected chi connectivity index (χ3v) is 5.36. The number of aryl methyl sites for hydroxylation is 1. The van der Waals surface area contributed by atoms with Gasteiger partial charge in [-0.25, -0.2) is 0 Å². The molecule has 0 spiro atoms. The van der Waals surface area contributed by atoms with Gasteiger partial charge in [-0.15, -0.1) is 12.4 Å². The molecule has 6 heteroatoms. The maximum atomic E-state index is 13.0. The van der Waals surface area contributed by atoms with Crippen molar-refractivity contribution in [3.05, 3.63) is 35.4 Å². The summed E-state index contributed by atoms with van der Waals surface area (Å²) in [6, 6.07) is 8.04. The lowest BCUT2D eigenvalue weighted by Crippen LogP contribution is -2.47. The van der Waals surface area contributed by atoms with Crippen molar-refractivity contribution >= 4 is 24.2 Å². The Morgan fingerprint density at radius 3 is 2.56 bits per heavy atom. The molecule has 2 heterocycles. The molecule has 2 saturated heterocycles. The van der Waals surface area contributed by atoms with Crippen molar-refractivity contribution in [2.75, 3.05) is 13.1 Å². The molecule has 0 aromatic heterocycles.